The Balaban J connectivity index is 1.14. The van der Waals surface area contributed by atoms with Crippen molar-refractivity contribution in [3.63, 3.8) is 0 Å². The Bertz CT molecular complexity index is 4140. The number of H-pyrrole nitrogens is 1. The zero-order chi connectivity index (χ0) is 74.2. The number of aliphatic carboxylic acids is 2. The summed E-state index contributed by atoms with van der Waals surface area (Å²) in [4.78, 5) is 208. The van der Waals surface area contributed by atoms with Gasteiger partial charge in [-0.25, -0.2) is 0 Å². The molecule has 0 bridgehead atoms. The summed E-state index contributed by atoms with van der Waals surface area (Å²) in [5.41, 5.74) is 12.0. The number of rotatable bonds is 18. The molecule has 2 aliphatic heterocycles. The molecule has 0 unspecified atom stereocenters. The Morgan fingerprint density at radius 2 is 1.09 bits per heavy atom. The number of Topliss-reactive ketones (excluding diaryl/α,β-unsaturated/α-hetero) is 2. The van der Waals surface area contributed by atoms with Crippen LogP contribution in [0, 0.1) is 17.8 Å². The summed E-state index contributed by atoms with van der Waals surface area (Å²) in [6.07, 6.45) is 2.02. The monoisotopic (exact) mass is 1410 g/mol. The number of primary amides is 1. The average molecular weight is 1410 g/mol. The van der Waals surface area contributed by atoms with Crippen LogP contribution >= 0.6 is 0 Å². The summed E-state index contributed by atoms with van der Waals surface area (Å²) in [7, 11) is 1.18. The second kappa shape index (κ2) is 35.0. The number of likely N-dealkylation sites (N-methyl/N-ethyl adjacent to an activating group) is 1. The molecule has 4 aliphatic rings. The molecule has 0 saturated carbocycles. The van der Waals surface area contributed by atoms with Gasteiger partial charge in [-0.15, -0.1) is 0 Å². The van der Waals surface area contributed by atoms with Crippen LogP contribution < -0.4 is 43.0 Å². The van der Waals surface area contributed by atoms with Crippen LogP contribution in [0.3, 0.4) is 0 Å². The van der Waals surface area contributed by atoms with E-state index in [9.17, 15) is 43.8 Å². The van der Waals surface area contributed by atoms with E-state index >= 15 is 33.6 Å². The van der Waals surface area contributed by atoms with E-state index in [-0.39, 0.29) is 45.2 Å². The molecular weight excluding hydrogens is 1320 g/mol. The zero-order valence-corrected chi connectivity index (χ0v) is 58.0. The minimum atomic E-state index is -2.13. The van der Waals surface area contributed by atoms with Crippen molar-refractivity contribution in [2.24, 2.45) is 23.5 Å². The average Bonchev–Trinajstić information content (AvgIpc) is 1.48. The molecule has 11 atom stereocenters. The number of likely N-dealkylation sites (tertiary alicyclic amines) is 1. The molecule has 5 aromatic rings. The largest absolute Gasteiger partial charge is 0.481 e. The van der Waals surface area contributed by atoms with Gasteiger partial charge in [-0.1, -0.05) is 129 Å². The molecule has 0 radical (unpaired) electrons. The Morgan fingerprint density at radius 1 is 0.553 bits per heavy atom. The van der Waals surface area contributed by atoms with Gasteiger partial charge in [0.1, 0.15) is 42.0 Å². The number of nitrogens with one attached hydrogen (secondary N) is 8. The van der Waals surface area contributed by atoms with Gasteiger partial charge in [0.05, 0.1) is 18.9 Å². The highest BCUT2D eigenvalue weighted by Gasteiger charge is 2.43. The van der Waals surface area contributed by atoms with Crippen molar-refractivity contribution >= 4 is 105 Å². The predicted octanol–water partition coefficient (Wildman–Crippen LogP) is 3.30. The number of carboxylic acids is 2. The first-order valence-electron chi connectivity index (χ1n) is 34.9. The van der Waals surface area contributed by atoms with Gasteiger partial charge < -0.3 is 67.9 Å². The lowest BCUT2D eigenvalue weighted by atomic mass is 9.83. The van der Waals surface area contributed by atoms with E-state index in [0.717, 1.165) is 27.2 Å². The molecule has 544 valence electrons. The van der Waals surface area contributed by atoms with Crippen molar-refractivity contribution < 1.29 is 77.3 Å². The van der Waals surface area contributed by atoms with Crippen molar-refractivity contribution in [1.82, 2.24) is 52.0 Å². The van der Waals surface area contributed by atoms with Gasteiger partial charge >= 0.3 is 11.9 Å². The number of ketones is 2. The molecule has 103 heavy (non-hydrogen) atoms. The SMILES string of the molecule is CC[C@H](C)[C@@H]1NC(=O)[C@H](CC2=CCc3ccccc32)NC(=O)[C@H](C)N(C)C(=O)[C@@H](C(=O)N2CCCC2)NC(=O)[C@H](CCC(=O)O)NC(=O)[C@H](CC(N)=O)NC(=O)[C@H](Cc2c[nH]c3ccccc23)NC(=O)[C@H](Cc2ccccc2)CC(=O)[C@H](CC(=O)O)CC(=O)[C@H](CC2=CCc3ccccc32)NC1=O. The summed E-state index contributed by atoms with van der Waals surface area (Å²) in [5, 5.41) is 39.5. The third-order valence-corrected chi connectivity index (χ3v) is 19.9. The molecule has 2 saturated heterocycles. The van der Waals surface area contributed by atoms with E-state index in [0.29, 0.717) is 58.9 Å². The second-order valence-corrected chi connectivity index (χ2v) is 27.1. The van der Waals surface area contributed by atoms with Crippen LogP contribution in [0.5, 0.6) is 0 Å². The van der Waals surface area contributed by atoms with Gasteiger partial charge in [0.25, 0.3) is 11.8 Å². The first-order valence-corrected chi connectivity index (χ1v) is 34.9. The minimum Gasteiger partial charge on any atom is -0.481 e. The van der Waals surface area contributed by atoms with E-state index in [1.54, 1.807) is 80.7 Å². The van der Waals surface area contributed by atoms with Crippen LogP contribution in [0.4, 0.5) is 0 Å². The lowest BCUT2D eigenvalue weighted by molar-refractivity contribution is -0.149. The highest BCUT2D eigenvalue weighted by Crippen LogP contribution is 2.34. The van der Waals surface area contributed by atoms with Gasteiger partial charge in [-0.05, 0) is 102 Å². The molecule has 10 amide bonds. The maximum atomic E-state index is 15.3. The summed E-state index contributed by atoms with van der Waals surface area (Å²) in [5.74, 6) is -18.6. The fourth-order valence-electron chi connectivity index (χ4n) is 13.6. The van der Waals surface area contributed by atoms with Crippen molar-refractivity contribution in [3.05, 3.63) is 155 Å². The number of benzene rings is 4. The minimum absolute atomic E-state index is 0.145. The lowest BCUT2D eigenvalue weighted by Gasteiger charge is -2.32. The predicted molar refractivity (Wildman–Crippen MR) is 378 cm³/mol. The number of para-hydroxylation sites is 1. The second-order valence-electron chi connectivity index (χ2n) is 27.1. The van der Waals surface area contributed by atoms with E-state index in [1.807, 2.05) is 54.6 Å². The normalized spacial score (nSPS) is 24.2. The van der Waals surface area contributed by atoms with Crippen molar-refractivity contribution in [3.8, 4) is 0 Å². The van der Waals surface area contributed by atoms with Gasteiger partial charge in [0.2, 0.25) is 47.3 Å². The smallest absolute Gasteiger partial charge is 0.304 e. The van der Waals surface area contributed by atoms with Crippen molar-refractivity contribution in [2.75, 3.05) is 20.1 Å². The molecule has 9 rings (SSSR count). The van der Waals surface area contributed by atoms with Crippen LogP contribution in [-0.4, -0.2) is 176 Å². The highest BCUT2D eigenvalue weighted by molar-refractivity contribution is 6.09. The number of fused-ring (bicyclic) bond motifs is 3. The quantitative estimate of drug-likeness (QED) is 0.0561. The first kappa shape index (κ1) is 76.1. The molecule has 1 aromatic heterocycles. The number of nitrogens with two attached hydrogens (primary N) is 1. The molecular formula is C76H89N11O16. The summed E-state index contributed by atoms with van der Waals surface area (Å²) < 4.78 is 0. The number of carboxylic acid groups (broad SMARTS) is 2. The lowest BCUT2D eigenvalue weighted by Crippen LogP contribution is -2.63. The zero-order valence-electron chi connectivity index (χ0n) is 58.0. The fraction of sp³-hybridized carbons (Fsp3) is 0.421. The summed E-state index contributed by atoms with van der Waals surface area (Å²) >= 11 is 0. The molecule has 12 N–H and O–H groups in total. The van der Waals surface area contributed by atoms with Crippen LogP contribution in [-0.2, 0) is 92.8 Å². The summed E-state index contributed by atoms with van der Waals surface area (Å²) in [6.45, 7) is 5.07. The number of hydrogen-bond donors (Lipinski definition) is 11. The number of carbonyl (C=O) groups is 14. The maximum absolute atomic E-state index is 15.3. The third-order valence-electron chi connectivity index (χ3n) is 19.9. The molecule has 2 aliphatic carbocycles. The molecule has 4 aromatic carbocycles. The van der Waals surface area contributed by atoms with E-state index in [4.69, 9.17) is 5.73 Å². The van der Waals surface area contributed by atoms with Crippen LogP contribution in [0.2, 0.25) is 0 Å². The number of aromatic nitrogens is 1. The molecule has 0 spiro atoms. The standard InChI is InChI=1S/C76H89N11O16/c1-5-42(2)66-74(101)80-57(34-47-27-25-45-19-9-11-21-52(45)47)62(89)37-49(39-65(93)94)61(88)38-50(33-44-17-7-6-8-18-44)69(96)82-59(36-51-41-78-55-24-14-13-23-54(51)55)71(98)83-60(40-63(77)90)72(99)79-56(29-30-64(91)92)70(97)85-67(76(103)87-31-15-16-32-87)75(102)86(4)43(3)68(95)81-58(73(100)84-66)35-48-28-26-46-20-10-12-22-53(46)48/h6-14,17-24,27-28,41-43,49-50,56-60,66-67,78H,5,15-16,25-26,29-40H2,1-4H3,(H2,77,90)(H,79,99)(H,80,101)(H,81,95)(H,82,96)(H,83,98)(H,84,100)(H,85,97)(H,91,92)(H,93,94)/t42-,43-,49-,50+,56-,57-,58-,59-,60-,66-,67-/m0/s1. The number of allylic oxidation sites excluding steroid dienone is 2. The Morgan fingerprint density at radius 3 is 1.72 bits per heavy atom. The van der Waals surface area contributed by atoms with Gasteiger partial charge in [-0.2, -0.15) is 0 Å². The first-order chi connectivity index (χ1) is 49.3. The topological polar surface area (TPSA) is 412 Å². The Hall–Kier alpha value is -11.1. The highest BCUT2D eigenvalue weighted by atomic mass is 16.4. The molecule has 27 nitrogen and oxygen atoms in total. The van der Waals surface area contributed by atoms with E-state index in [2.05, 4.69) is 42.2 Å². The van der Waals surface area contributed by atoms with Gasteiger partial charge in [0.15, 0.2) is 11.8 Å². The van der Waals surface area contributed by atoms with Crippen molar-refractivity contribution in [1.29, 1.82) is 0 Å². The van der Waals surface area contributed by atoms with E-state index < -0.39 is 187 Å². The number of hydrogen-bond acceptors (Lipinski definition) is 14. The third kappa shape index (κ3) is 19.7. The van der Waals surface area contributed by atoms with Crippen LogP contribution in [0.1, 0.15) is 125 Å². The van der Waals surface area contributed by atoms with Crippen LogP contribution in [0.15, 0.2) is 121 Å². The van der Waals surface area contributed by atoms with E-state index in [1.165, 1.54) is 18.9 Å². The van der Waals surface area contributed by atoms with Gasteiger partial charge in [0, 0.05) is 87.6 Å². The number of carbonyl (C=O) groups excluding carboxylic acids is 12. The number of nitrogens with zero attached hydrogens (tertiary/aromatic N) is 2. The van der Waals surface area contributed by atoms with Crippen LogP contribution in [0.25, 0.3) is 22.0 Å². The number of amides is 10. The maximum Gasteiger partial charge on any atom is 0.304 e. The Labute approximate surface area is 595 Å². The van der Waals surface area contributed by atoms with Crippen molar-refractivity contribution in [2.45, 2.75) is 165 Å². The summed E-state index contributed by atoms with van der Waals surface area (Å²) in [6, 6.07) is 16.6. The van der Waals surface area contributed by atoms with Gasteiger partial charge in [-0.3, -0.25) is 67.1 Å². The fourth-order valence-corrected chi connectivity index (χ4v) is 13.6. The molecule has 27 heteroatoms. The molecule has 2 fully saturated rings. The number of aromatic amines is 1. The Kier molecular flexibility index (Phi) is 25.8. The molecule has 3 heterocycles.